The predicted molar refractivity (Wildman–Crippen MR) is 234 cm³/mol. The fourth-order valence-corrected chi connectivity index (χ4v) is 7.91. The number of benzene rings is 6. The van der Waals surface area contributed by atoms with E-state index in [2.05, 4.69) is 208 Å². The Bertz CT molecular complexity index is 2680. The summed E-state index contributed by atoms with van der Waals surface area (Å²) in [6, 6.07) is 54.3. The van der Waals surface area contributed by atoms with E-state index in [1.165, 1.54) is 38.8 Å². The molecule has 3 heterocycles. The molecule has 1 aliphatic heterocycles. The maximum Gasteiger partial charge on any atom is 0.137 e. The van der Waals surface area contributed by atoms with Crippen LogP contribution in [0, 0.1) is 0 Å². The first-order valence-corrected chi connectivity index (χ1v) is 19.6. The quantitative estimate of drug-likeness (QED) is 0.163. The van der Waals surface area contributed by atoms with Crippen molar-refractivity contribution in [1.29, 1.82) is 0 Å². The van der Waals surface area contributed by atoms with Crippen molar-refractivity contribution in [3.8, 4) is 28.4 Å². The molecule has 8 aromatic rings. The molecule has 56 heavy (non-hydrogen) atoms. The van der Waals surface area contributed by atoms with E-state index in [4.69, 9.17) is 9.72 Å². The first kappa shape index (κ1) is 35.4. The lowest BCUT2D eigenvalue weighted by Crippen LogP contribution is -2.27. The molecule has 5 nitrogen and oxygen atoms in total. The summed E-state index contributed by atoms with van der Waals surface area (Å²) in [5.74, 6) is 2.44. The third-order valence-electron chi connectivity index (χ3n) is 11.0. The Morgan fingerprint density at radius 3 is 1.96 bits per heavy atom. The Balaban J connectivity index is 1.15. The van der Waals surface area contributed by atoms with Gasteiger partial charge in [-0.25, -0.2) is 4.98 Å². The zero-order valence-electron chi connectivity index (χ0n) is 33.1. The van der Waals surface area contributed by atoms with Gasteiger partial charge in [0.15, 0.2) is 0 Å². The second-order valence-corrected chi connectivity index (χ2v) is 17.1. The maximum absolute atomic E-state index is 6.91. The van der Waals surface area contributed by atoms with Crippen LogP contribution in [-0.4, -0.2) is 16.2 Å². The SMILES string of the molecule is CC(C)(C)c1ccc(-n2c3ccc(C(C)(C)C)cc3c3ccc(Oc4cc(-c5ccccc5)cc(N5CN(Cc6ccccc6)c6ccccc65)c4)cc32)nc1. The van der Waals surface area contributed by atoms with Crippen LogP contribution in [0.1, 0.15) is 58.2 Å². The Hall–Kier alpha value is -6.33. The van der Waals surface area contributed by atoms with E-state index in [-0.39, 0.29) is 10.8 Å². The summed E-state index contributed by atoms with van der Waals surface area (Å²) in [6.07, 6.45) is 2.02. The Morgan fingerprint density at radius 2 is 1.25 bits per heavy atom. The molecular formula is C51H48N4O. The van der Waals surface area contributed by atoms with Gasteiger partial charge in [0.2, 0.25) is 0 Å². The molecular weight excluding hydrogens is 685 g/mol. The normalized spacial score (nSPS) is 13.1. The second-order valence-electron chi connectivity index (χ2n) is 17.1. The highest BCUT2D eigenvalue weighted by Gasteiger charge is 2.28. The largest absolute Gasteiger partial charge is 0.457 e. The van der Waals surface area contributed by atoms with Crippen LogP contribution in [0.5, 0.6) is 11.5 Å². The van der Waals surface area contributed by atoms with Crippen molar-refractivity contribution in [2.75, 3.05) is 16.5 Å². The van der Waals surface area contributed by atoms with Gasteiger partial charge in [0, 0.05) is 41.3 Å². The lowest BCUT2D eigenvalue weighted by molar-refractivity contribution is 0.483. The molecule has 2 aromatic heterocycles. The van der Waals surface area contributed by atoms with Crippen molar-refractivity contribution < 1.29 is 4.74 Å². The molecule has 5 heteroatoms. The number of ether oxygens (including phenoxy) is 1. The molecule has 0 spiro atoms. The van der Waals surface area contributed by atoms with Gasteiger partial charge in [-0.2, -0.15) is 0 Å². The summed E-state index contributed by atoms with van der Waals surface area (Å²) in [5, 5.41) is 2.38. The van der Waals surface area contributed by atoms with Gasteiger partial charge < -0.3 is 14.5 Å². The van der Waals surface area contributed by atoms with Gasteiger partial charge in [0.05, 0.1) is 29.1 Å². The van der Waals surface area contributed by atoms with Gasteiger partial charge >= 0.3 is 0 Å². The minimum Gasteiger partial charge on any atom is -0.457 e. The molecule has 0 atom stereocenters. The molecule has 9 rings (SSSR count). The van der Waals surface area contributed by atoms with Crippen molar-refractivity contribution in [3.05, 3.63) is 175 Å². The van der Waals surface area contributed by atoms with Gasteiger partial charge in [-0.1, -0.05) is 126 Å². The van der Waals surface area contributed by atoms with Crippen molar-refractivity contribution in [2.45, 2.75) is 58.9 Å². The zero-order chi connectivity index (χ0) is 38.6. The van der Waals surface area contributed by atoms with E-state index in [0.717, 1.165) is 58.4 Å². The smallest absolute Gasteiger partial charge is 0.137 e. The van der Waals surface area contributed by atoms with Crippen molar-refractivity contribution in [2.24, 2.45) is 0 Å². The first-order chi connectivity index (χ1) is 27.0. The number of hydrogen-bond donors (Lipinski definition) is 0. The highest BCUT2D eigenvalue weighted by atomic mass is 16.5. The van der Waals surface area contributed by atoms with Crippen LogP contribution < -0.4 is 14.5 Å². The van der Waals surface area contributed by atoms with Crippen LogP contribution in [0.4, 0.5) is 17.1 Å². The van der Waals surface area contributed by atoms with Crippen LogP contribution >= 0.6 is 0 Å². The molecule has 1 aliphatic rings. The molecule has 0 saturated carbocycles. The van der Waals surface area contributed by atoms with Crippen LogP contribution in [0.25, 0.3) is 38.8 Å². The van der Waals surface area contributed by atoms with Gasteiger partial charge in [0.1, 0.15) is 17.3 Å². The molecule has 0 aliphatic carbocycles. The third-order valence-corrected chi connectivity index (χ3v) is 11.0. The van der Waals surface area contributed by atoms with Crippen LogP contribution in [0.3, 0.4) is 0 Å². The van der Waals surface area contributed by atoms with Crippen LogP contribution in [0.15, 0.2) is 158 Å². The molecule has 0 amide bonds. The van der Waals surface area contributed by atoms with Gasteiger partial charge in [-0.05, 0) is 93.2 Å². The summed E-state index contributed by atoms with van der Waals surface area (Å²) in [4.78, 5) is 9.88. The fraction of sp³-hybridized carbons (Fsp3) is 0.196. The summed E-state index contributed by atoms with van der Waals surface area (Å²) < 4.78 is 9.20. The minimum atomic E-state index is 0.0133. The van der Waals surface area contributed by atoms with Gasteiger partial charge in [0.25, 0.3) is 0 Å². The lowest BCUT2D eigenvalue weighted by atomic mass is 9.86. The number of para-hydroxylation sites is 2. The summed E-state index contributed by atoms with van der Waals surface area (Å²) in [6.45, 7) is 15.0. The molecule has 278 valence electrons. The highest BCUT2D eigenvalue weighted by Crippen LogP contribution is 2.44. The van der Waals surface area contributed by atoms with E-state index >= 15 is 0 Å². The van der Waals surface area contributed by atoms with Crippen LogP contribution in [0.2, 0.25) is 0 Å². The number of nitrogens with zero attached hydrogens (tertiary/aromatic N) is 4. The molecule has 0 radical (unpaired) electrons. The maximum atomic E-state index is 6.91. The Morgan fingerprint density at radius 1 is 0.554 bits per heavy atom. The molecule has 0 bridgehead atoms. The van der Waals surface area contributed by atoms with Gasteiger partial charge in [-0.3, -0.25) is 4.57 Å². The highest BCUT2D eigenvalue weighted by molar-refractivity contribution is 6.09. The van der Waals surface area contributed by atoms with E-state index in [9.17, 15) is 0 Å². The van der Waals surface area contributed by atoms with E-state index in [0.29, 0.717) is 0 Å². The zero-order valence-corrected chi connectivity index (χ0v) is 33.1. The average molecular weight is 733 g/mol. The third kappa shape index (κ3) is 6.68. The average Bonchev–Trinajstić information content (AvgIpc) is 3.73. The summed E-state index contributed by atoms with van der Waals surface area (Å²) in [7, 11) is 0. The number of fused-ring (bicyclic) bond motifs is 4. The van der Waals surface area contributed by atoms with E-state index in [1.54, 1.807) is 0 Å². The van der Waals surface area contributed by atoms with Crippen molar-refractivity contribution in [3.63, 3.8) is 0 Å². The molecule has 0 unspecified atom stereocenters. The standard InChI is InChI=1S/C51H48N4O/c1-50(2,3)38-21-25-45-44(29-38)43-24-23-41(31-48(43)55(45)49-26-22-39(32-52-49)51(4,5)6)56-42-28-37(36-17-11-8-12-18-36)27-40(30-42)54-34-53(33-35-15-9-7-10-16-35)46-19-13-14-20-47(46)54/h7-32H,33-34H2,1-6H3. The lowest BCUT2D eigenvalue weighted by Gasteiger charge is -2.23. The first-order valence-electron chi connectivity index (χ1n) is 19.6. The van der Waals surface area contributed by atoms with Crippen LogP contribution in [-0.2, 0) is 17.4 Å². The Labute approximate surface area is 330 Å². The number of rotatable bonds is 7. The molecule has 6 aromatic carbocycles. The van der Waals surface area contributed by atoms with Crippen molar-refractivity contribution in [1.82, 2.24) is 9.55 Å². The van der Waals surface area contributed by atoms with Crippen molar-refractivity contribution >= 4 is 38.9 Å². The number of hydrogen-bond acceptors (Lipinski definition) is 4. The summed E-state index contributed by atoms with van der Waals surface area (Å²) in [5.41, 5.74) is 11.8. The Kier molecular flexibility index (Phi) is 8.69. The topological polar surface area (TPSA) is 33.5 Å². The fourth-order valence-electron chi connectivity index (χ4n) is 7.91. The molecule has 0 fully saturated rings. The number of anilines is 3. The van der Waals surface area contributed by atoms with Gasteiger partial charge in [-0.15, -0.1) is 0 Å². The molecule has 0 saturated heterocycles. The predicted octanol–water partition coefficient (Wildman–Crippen LogP) is 13.3. The van der Waals surface area contributed by atoms with E-state index < -0.39 is 0 Å². The van der Waals surface area contributed by atoms with E-state index in [1.807, 2.05) is 6.20 Å². The minimum absolute atomic E-state index is 0.0133. The monoisotopic (exact) mass is 732 g/mol. The number of pyridine rings is 1. The number of aromatic nitrogens is 2. The second kappa shape index (κ2) is 13.8. The molecule has 0 N–H and O–H groups in total. The summed E-state index contributed by atoms with van der Waals surface area (Å²) >= 11 is 0.